The second-order valence-electron chi connectivity index (χ2n) is 4.55. The summed E-state index contributed by atoms with van der Waals surface area (Å²) in [7, 11) is 0. The lowest BCUT2D eigenvalue weighted by atomic mass is 10.2. The molecule has 0 aromatic rings. The van der Waals surface area contributed by atoms with E-state index in [-0.39, 0.29) is 12.3 Å². The molecule has 0 unspecified atom stereocenters. The highest BCUT2D eigenvalue weighted by atomic mass is 16.4. The van der Waals surface area contributed by atoms with Crippen LogP contribution in [0.25, 0.3) is 0 Å². The van der Waals surface area contributed by atoms with Crippen LogP contribution in [0.2, 0.25) is 0 Å². The van der Waals surface area contributed by atoms with Crippen LogP contribution in [0.1, 0.15) is 44.9 Å². The van der Waals surface area contributed by atoms with E-state index in [4.69, 9.17) is 5.11 Å². The van der Waals surface area contributed by atoms with Gasteiger partial charge in [0.1, 0.15) is 0 Å². The average Bonchev–Trinajstić information content (AvgIpc) is 3.05. The fraction of sp³-hybridized carbons (Fsp3) is 0.833. The first-order chi connectivity index (χ1) is 8.18. The van der Waals surface area contributed by atoms with Crippen molar-refractivity contribution in [2.45, 2.75) is 51.0 Å². The van der Waals surface area contributed by atoms with Crippen LogP contribution < -0.4 is 10.6 Å². The maximum Gasteiger partial charge on any atom is 0.303 e. The van der Waals surface area contributed by atoms with E-state index in [2.05, 4.69) is 10.6 Å². The number of unbranched alkanes of at least 4 members (excludes halogenated alkanes) is 1. The lowest BCUT2D eigenvalue weighted by molar-refractivity contribution is -0.137. The molecule has 0 radical (unpaired) electrons. The first kappa shape index (κ1) is 14.0. The predicted molar refractivity (Wildman–Crippen MR) is 64.8 cm³/mol. The molecule has 1 saturated carbocycles. The highest BCUT2D eigenvalue weighted by Crippen LogP contribution is 2.18. The van der Waals surface area contributed by atoms with Gasteiger partial charge in [0.25, 0.3) is 0 Å². The largest absolute Gasteiger partial charge is 0.481 e. The highest BCUT2D eigenvalue weighted by molar-refractivity contribution is 5.76. The van der Waals surface area contributed by atoms with Gasteiger partial charge in [-0.2, -0.15) is 0 Å². The quantitative estimate of drug-likeness (QED) is 0.497. The highest BCUT2D eigenvalue weighted by Gasteiger charge is 2.22. The minimum atomic E-state index is -0.734. The minimum absolute atomic E-state index is 0.153. The normalized spacial score (nSPS) is 14.6. The first-order valence-corrected chi connectivity index (χ1v) is 6.40. The molecule has 5 nitrogen and oxygen atoms in total. The molecule has 0 bridgehead atoms. The molecule has 1 amide bonds. The molecule has 0 heterocycles. The molecule has 0 spiro atoms. The third-order valence-electron chi connectivity index (χ3n) is 2.69. The Morgan fingerprint density at radius 2 is 1.76 bits per heavy atom. The Kier molecular flexibility index (Phi) is 6.62. The van der Waals surface area contributed by atoms with E-state index < -0.39 is 5.97 Å². The van der Waals surface area contributed by atoms with Gasteiger partial charge in [-0.15, -0.1) is 0 Å². The number of aliphatic carboxylic acids is 1. The number of carbonyl (C=O) groups is 2. The van der Waals surface area contributed by atoms with Crippen molar-refractivity contribution in [3.63, 3.8) is 0 Å². The summed E-state index contributed by atoms with van der Waals surface area (Å²) in [5, 5.41) is 14.6. The zero-order valence-corrected chi connectivity index (χ0v) is 10.2. The predicted octanol–water partition coefficient (Wildman–Crippen LogP) is 0.890. The van der Waals surface area contributed by atoms with Gasteiger partial charge in [0.2, 0.25) is 5.91 Å². The summed E-state index contributed by atoms with van der Waals surface area (Å²) >= 11 is 0. The van der Waals surface area contributed by atoms with Crippen molar-refractivity contribution >= 4 is 11.9 Å². The molecule has 98 valence electrons. The van der Waals surface area contributed by atoms with Gasteiger partial charge in [0.05, 0.1) is 0 Å². The van der Waals surface area contributed by atoms with E-state index in [0.29, 0.717) is 18.9 Å². The Morgan fingerprint density at radius 3 is 2.41 bits per heavy atom. The Morgan fingerprint density at radius 1 is 1.06 bits per heavy atom. The Hall–Kier alpha value is -1.10. The number of hydrogen-bond acceptors (Lipinski definition) is 3. The summed E-state index contributed by atoms with van der Waals surface area (Å²) in [4.78, 5) is 21.5. The summed E-state index contributed by atoms with van der Waals surface area (Å²) in [6, 6.07) is 0.450. The fourth-order valence-electron chi connectivity index (χ4n) is 1.55. The van der Waals surface area contributed by atoms with Crippen molar-refractivity contribution in [3.05, 3.63) is 0 Å². The summed E-state index contributed by atoms with van der Waals surface area (Å²) in [5.74, 6) is -0.582. The van der Waals surface area contributed by atoms with Gasteiger partial charge in [-0.1, -0.05) is 0 Å². The SMILES string of the molecule is O=C(O)CCCCNCCCC(=O)NC1CC1. The number of carboxylic acids is 1. The average molecular weight is 242 g/mol. The zero-order chi connectivity index (χ0) is 12.5. The number of nitrogens with one attached hydrogen (secondary N) is 2. The number of hydrogen-bond donors (Lipinski definition) is 3. The van der Waals surface area contributed by atoms with E-state index in [1.54, 1.807) is 0 Å². The van der Waals surface area contributed by atoms with Crippen molar-refractivity contribution in [1.29, 1.82) is 0 Å². The molecule has 1 aliphatic carbocycles. The molecular formula is C12H22N2O3. The smallest absolute Gasteiger partial charge is 0.303 e. The number of amides is 1. The van der Waals surface area contributed by atoms with Crippen LogP contribution in [0.3, 0.4) is 0 Å². The lowest BCUT2D eigenvalue weighted by Gasteiger charge is -2.05. The van der Waals surface area contributed by atoms with E-state index in [1.807, 2.05) is 0 Å². The van der Waals surface area contributed by atoms with E-state index in [0.717, 1.165) is 38.8 Å². The molecule has 1 rings (SSSR count). The second kappa shape index (κ2) is 8.06. The minimum Gasteiger partial charge on any atom is -0.481 e. The Balaban J connectivity index is 1.77. The van der Waals surface area contributed by atoms with Crippen LogP contribution in [0.15, 0.2) is 0 Å². The number of carbonyl (C=O) groups excluding carboxylic acids is 1. The molecule has 0 atom stereocenters. The van der Waals surface area contributed by atoms with Gasteiger partial charge in [-0.3, -0.25) is 9.59 Å². The molecule has 0 aromatic heterocycles. The summed E-state index contributed by atoms with van der Waals surface area (Å²) in [6.45, 7) is 1.66. The van der Waals surface area contributed by atoms with Gasteiger partial charge in [-0.25, -0.2) is 0 Å². The van der Waals surface area contributed by atoms with Gasteiger partial charge in [0.15, 0.2) is 0 Å². The standard InChI is InChI=1S/C12H22N2O3/c15-11(14-10-6-7-10)4-3-9-13-8-2-1-5-12(16)17/h10,13H,1-9H2,(H,14,15)(H,16,17). The number of carboxylic acid groups (broad SMARTS) is 1. The van der Waals surface area contributed by atoms with Crippen LogP contribution in [-0.4, -0.2) is 36.1 Å². The van der Waals surface area contributed by atoms with Gasteiger partial charge in [-0.05, 0) is 45.2 Å². The van der Waals surface area contributed by atoms with Crippen molar-refractivity contribution in [3.8, 4) is 0 Å². The third kappa shape index (κ3) is 8.68. The van der Waals surface area contributed by atoms with Crippen molar-refractivity contribution in [2.24, 2.45) is 0 Å². The lowest BCUT2D eigenvalue weighted by Crippen LogP contribution is -2.26. The topological polar surface area (TPSA) is 78.4 Å². The fourth-order valence-corrected chi connectivity index (χ4v) is 1.55. The molecule has 17 heavy (non-hydrogen) atoms. The van der Waals surface area contributed by atoms with E-state index in [1.165, 1.54) is 0 Å². The van der Waals surface area contributed by atoms with Gasteiger partial charge >= 0.3 is 5.97 Å². The van der Waals surface area contributed by atoms with Crippen LogP contribution in [0, 0.1) is 0 Å². The second-order valence-corrected chi connectivity index (χ2v) is 4.55. The van der Waals surface area contributed by atoms with E-state index >= 15 is 0 Å². The molecule has 3 N–H and O–H groups in total. The molecule has 1 fully saturated rings. The van der Waals surface area contributed by atoms with Crippen LogP contribution >= 0.6 is 0 Å². The summed E-state index contributed by atoms with van der Waals surface area (Å²) in [5.41, 5.74) is 0. The van der Waals surface area contributed by atoms with Crippen molar-refractivity contribution in [1.82, 2.24) is 10.6 Å². The maximum absolute atomic E-state index is 11.3. The molecule has 5 heteroatoms. The number of rotatable bonds is 10. The summed E-state index contributed by atoms with van der Waals surface area (Å²) < 4.78 is 0. The molecule has 0 saturated heterocycles. The van der Waals surface area contributed by atoms with Crippen molar-refractivity contribution in [2.75, 3.05) is 13.1 Å². The van der Waals surface area contributed by atoms with Crippen LogP contribution in [-0.2, 0) is 9.59 Å². The molecule has 0 aliphatic heterocycles. The van der Waals surface area contributed by atoms with Crippen LogP contribution in [0.5, 0.6) is 0 Å². The molecular weight excluding hydrogens is 220 g/mol. The molecule has 0 aromatic carbocycles. The summed E-state index contributed by atoms with van der Waals surface area (Å²) in [6.07, 6.45) is 5.52. The van der Waals surface area contributed by atoms with Crippen molar-refractivity contribution < 1.29 is 14.7 Å². The monoisotopic (exact) mass is 242 g/mol. The maximum atomic E-state index is 11.3. The Bertz CT molecular complexity index is 252. The molecule has 1 aliphatic rings. The third-order valence-corrected chi connectivity index (χ3v) is 2.69. The first-order valence-electron chi connectivity index (χ1n) is 6.40. The van der Waals surface area contributed by atoms with Crippen LogP contribution in [0.4, 0.5) is 0 Å². The zero-order valence-electron chi connectivity index (χ0n) is 10.2. The van der Waals surface area contributed by atoms with Gasteiger partial charge in [0, 0.05) is 18.9 Å². The van der Waals surface area contributed by atoms with E-state index in [9.17, 15) is 9.59 Å². The van der Waals surface area contributed by atoms with Gasteiger partial charge < -0.3 is 15.7 Å². The Labute approximate surface area is 102 Å².